The first kappa shape index (κ1) is 20.5. The van der Waals surface area contributed by atoms with E-state index in [1.54, 1.807) is 18.2 Å². The third kappa shape index (κ3) is 3.84. The highest BCUT2D eigenvalue weighted by Crippen LogP contribution is 2.31. The third-order valence-corrected chi connectivity index (χ3v) is 5.62. The van der Waals surface area contributed by atoms with Gasteiger partial charge in [0, 0.05) is 18.7 Å². The molecule has 158 valence electrons. The minimum Gasteiger partial charge on any atom is -0.334 e. The molecule has 1 fully saturated rings. The van der Waals surface area contributed by atoms with Crippen LogP contribution in [0.1, 0.15) is 51.1 Å². The lowest BCUT2D eigenvalue weighted by Gasteiger charge is -2.27. The maximum atomic E-state index is 13.1. The molecule has 31 heavy (non-hydrogen) atoms. The van der Waals surface area contributed by atoms with Crippen molar-refractivity contribution >= 4 is 35.1 Å². The molecule has 0 aromatic heterocycles. The summed E-state index contributed by atoms with van der Waals surface area (Å²) in [7, 11) is 0. The van der Waals surface area contributed by atoms with Crippen molar-refractivity contribution in [2.75, 3.05) is 5.32 Å². The zero-order valence-electron chi connectivity index (χ0n) is 16.9. The Bertz CT molecular complexity index is 1120. The molecule has 4 rings (SSSR count). The number of hydrogen-bond acceptors (Lipinski definition) is 5. The van der Waals surface area contributed by atoms with Crippen LogP contribution in [0.2, 0.25) is 0 Å². The summed E-state index contributed by atoms with van der Waals surface area (Å²) in [6, 6.07) is 10.8. The Hall–Kier alpha value is -3.81. The highest BCUT2D eigenvalue weighted by molar-refractivity contribution is 6.24. The van der Waals surface area contributed by atoms with Crippen LogP contribution in [0.5, 0.6) is 0 Å². The van der Waals surface area contributed by atoms with Crippen LogP contribution < -0.4 is 10.6 Å². The van der Waals surface area contributed by atoms with Gasteiger partial charge in [0.25, 0.3) is 11.8 Å². The molecule has 0 saturated heterocycles. The first-order valence-corrected chi connectivity index (χ1v) is 10.0. The molecule has 2 aromatic rings. The number of ketones is 2. The van der Waals surface area contributed by atoms with Gasteiger partial charge in [0.05, 0.1) is 23.6 Å². The first-order chi connectivity index (χ1) is 14.9. The number of urea groups is 1. The van der Waals surface area contributed by atoms with Crippen molar-refractivity contribution in [3.8, 4) is 0 Å². The molecule has 1 saturated carbocycles. The van der Waals surface area contributed by atoms with E-state index in [1.165, 1.54) is 6.07 Å². The number of amides is 4. The monoisotopic (exact) mass is 419 g/mol. The van der Waals surface area contributed by atoms with Crippen LogP contribution in [-0.2, 0) is 16.1 Å². The quantitative estimate of drug-likeness (QED) is 0.584. The van der Waals surface area contributed by atoms with Gasteiger partial charge in [0.2, 0.25) is 0 Å². The average molecular weight is 419 g/mol. The molecule has 4 amide bonds. The van der Waals surface area contributed by atoms with Gasteiger partial charge in [0.1, 0.15) is 5.78 Å². The summed E-state index contributed by atoms with van der Waals surface area (Å²) in [5.74, 6) is -1.70. The molecular formula is C23H21N3O5. The Morgan fingerprint density at radius 3 is 2.55 bits per heavy atom. The average Bonchev–Trinajstić information content (AvgIpc) is 2.99. The number of nitrogens with one attached hydrogen (secondary N) is 2. The Kier molecular flexibility index (Phi) is 5.37. The zero-order chi connectivity index (χ0) is 22.1. The van der Waals surface area contributed by atoms with E-state index >= 15 is 0 Å². The number of anilines is 1. The number of carbonyl (C=O) groups excluding carboxylic acids is 5. The predicted molar refractivity (Wildman–Crippen MR) is 112 cm³/mol. The van der Waals surface area contributed by atoms with E-state index in [2.05, 4.69) is 10.6 Å². The molecule has 8 heteroatoms. The standard InChI is InChI=1S/C23H21N3O5/c1-13-5-2-3-8-17(13)25-23(31)24-12-14-6-4-7-16-20(14)22(30)26(21(16)29)18-10-9-15(27)11-19(18)28/h2-8,18H,9-12H2,1H3,(H2,24,25,31). The Labute approximate surface area is 178 Å². The fraction of sp³-hybridized carbons (Fsp3) is 0.261. The second-order valence-electron chi connectivity index (χ2n) is 7.68. The highest BCUT2D eigenvalue weighted by Gasteiger charge is 2.45. The van der Waals surface area contributed by atoms with Crippen LogP contribution in [0.4, 0.5) is 10.5 Å². The van der Waals surface area contributed by atoms with Crippen LogP contribution in [-0.4, -0.2) is 40.4 Å². The number of aryl methyl sites for hydroxylation is 1. The van der Waals surface area contributed by atoms with Crippen LogP contribution in [0, 0.1) is 6.92 Å². The summed E-state index contributed by atoms with van der Waals surface area (Å²) in [4.78, 5) is 63.0. The zero-order valence-corrected chi connectivity index (χ0v) is 16.9. The van der Waals surface area contributed by atoms with Gasteiger partial charge in [-0.1, -0.05) is 30.3 Å². The number of fused-ring (bicyclic) bond motifs is 1. The molecule has 1 unspecified atom stereocenters. The van der Waals surface area contributed by atoms with Gasteiger partial charge in [0.15, 0.2) is 5.78 Å². The van der Waals surface area contributed by atoms with E-state index < -0.39 is 29.7 Å². The highest BCUT2D eigenvalue weighted by atomic mass is 16.2. The number of nitrogens with zero attached hydrogens (tertiary/aromatic N) is 1. The maximum absolute atomic E-state index is 13.1. The van der Waals surface area contributed by atoms with Crippen LogP contribution >= 0.6 is 0 Å². The summed E-state index contributed by atoms with van der Waals surface area (Å²) >= 11 is 0. The molecule has 2 aliphatic rings. The van der Waals surface area contributed by atoms with Crippen molar-refractivity contribution in [3.63, 3.8) is 0 Å². The molecule has 0 spiro atoms. The summed E-state index contributed by atoms with van der Waals surface area (Å²) < 4.78 is 0. The summed E-state index contributed by atoms with van der Waals surface area (Å²) in [6.45, 7) is 1.91. The second kappa shape index (κ2) is 8.14. The van der Waals surface area contributed by atoms with E-state index in [9.17, 15) is 24.0 Å². The number of para-hydroxylation sites is 1. The van der Waals surface area contributed by atoms with Crippen molar-refractivity contribution in [2.24, 2.45) is 0 Å². The van der Waals surface area contributed by atoms with Crippen LogP contribution in [0.15, 0.2) is 42.5 Å². The lowest BCUT2D eigenvalue weighted by Crippen LogP contribution is -2.47. The summed E-state index contributed by atoms with van der Waals surface area (Å²) in [5, 5.41) is 5.45. The number of benzene rings is 2. The van der Waals surface area contributed by atoms with Gasteiger partial charge in [-0.2, -0.15) is 0 Å². The predicted octanol–water partition coefficient (Wildman–Crippen LogP) is 2.60. The fourth-order valence-electron chi connectivity index (χ4n) is 3.99. The molecular weight excluding hydrogens is 398 g/mol. The van der Waals surface area contributed by atoms with Crippen molar-refractivity contribution in [2.45, 2.75) is 38.8 Å². The SMILES string of the molecule is Cc1ccccc1NC(=O)NCc1cccc2c1C(=O)N(C1CCC(=O)CC1=O)C2=O. The Balaban J connectivity index is 1.51. The Morgan fingerprint density at radius 1 is 1.03 bits per heavy atom. The first-order valence-electron chi connectivity index (χ1n) is 10.0. The van der Waals surface area contributed by atoms with Gasteiger partial charge in [-0.25, -0.2) is 4.79 Å². The van der Waals surface area contributed by atoms with E-state index in [-0.39, 0.29) is 42.7 Å². The number of imide groups is 1. The summed E-state index contributed by atoms with van der Waals surface area (Å²) in [6.07, 6.45) is 0.0540. The molecule has 8 nitrogen and oxygen atoms in total. The van der Waals surface area contributed by atoms with E-state index in [0.29, 0.717) is 11.3 Å². The molecule has 1 aliphatic heterocycles. The number of Topliss-reactive ketones (excluding diaryl/α,β-unsaturated/α-hetero) is 2. The minimum atomic E-state index is -0.921. The van der Waals surface area contributed by atoms with E-state index in [0.717, 1.165) is 10.5 Å². The lowest BCUT2D eigenvalue weighted by molar-refractivity contribution is -0.132. The van der Waals surface area contributed by atoms with Crippen molar-refractivity contribution in [1.82, 2.24) is 10.2 Å². The molecule has 1 atom stereocenters. The van der Waals surface area contributed by atoms with E-state index in [4.69, 9.17) is 0 Å². The largest absolute Gasteiger partial charge is 0.334 e. The van der Waals surface area contributed by atoms with Gasteiger partial charge >= 0.3 is 6.03 Å². The Morgan fingerprint density at radius 2 is 1.81 bits per heavy atom. The second-order valence-corrected chi connectivity index (χ2v) is 7.68. The van der Waals surface area contributed by atoms with Gasteiger partial charge in [-0.15, -0.1) is 0 Å². The molecule has 2 aromatic carbocycles. The van der Waals surface area contributed by atoms with Crippen LogP contribution in [0.25, 0.3) is 0 Å². The molecule has 0 bridgehead atoms. The minimum absolute atomic E-state index is 0.0326. The molecule has 1 heterocycles. The molecule has 2 N–H and O–H groups in total. The van der Waals surface area contributed by atoms with Gasteiger partial charge < -0.3 is 10.6 Å². The van der Waals surface area contributed by atoms with Gasteiger partial charge in [-0.05, 0) is 36.6 Å². The van der Waals surface area contributed by atoms with Crippen molar-refractivity contribution < 1.29 is 24.0 Å². The smallest absolute Gasteiger partial charge is 0.319 e. The topological polar surface area (TPSA) is 113 Å². The molecule has 1 aliphatic carbocycles. The maximum Gasteiger partial charge on any atom is 0.319 e. The van der Waals surface area contributed by atoms with Crippen molar-refractivity contribution in [1.29, 1.82) is 0 Å². The molecule has 0 radical (unpaired) electrons. The third-order valence-electron chi connectivity index (χ3n) is 5.62. The van der Waals surface area contributed by atoms with Gasteiger partial charge in [-0.3, -0.25) is 24.1 Å². The fourth-order valence-corrected chi connectivity index (χ4v) is 3.99. The van der Waals surface area contributed by atoms with Crippen LogP contribution in [0.3, 0.4) is 0 Å². The number of hydrogen-bond donors (Lipinski definition) is 2. The number of rotatable bonds is 4. The lowest BCUT2D eigenvalue weighted by atomic mass is 9.92. The van der Waals surface area contributed by atoms with Crippen molar-refractivity contribution in [3.05, 3.63) is 64.7 Å². The summed E-state index contributed by atoms with van der Waals surface area (Å²) in [5.41, 5.74) is 2.45. The number of carbonyl (C=O) groups is 5. The normalized spacial score (nSPS) is 18.2. The van der Waals surface area contributed by atoms with E-state index in [1.807, 2.05) is 25.1 Å².